The third kappa shape index (κ3) is 2.35. The van der Waals surface area contributed by atoms with Gasteiger partial charge in [-0.3, -0.25) is 0 Å². The molecule has 1 N–H and O–H groups in total. The first-order chi connectivity index (χ1) is 12.1. The Morgan fingerprint density at radius 1 is 1.32 bits per heavy atom. The maximum Gasteiger partial charge on any atom is 0.131 e. The van der Waals surface area contributed by atoms with Crippen LogP contribution in [0.2, 0.25) is 0 Å². The molecule has 0 radical (unpaired) electrons. The molecule has 0 amide bonds. The molecule has 0 heterocycles. The van der Waals surface area contributed by atoms with E-state index in [-0.39, 0.29) is 5.41 Å². The lowest BCUT2D eigenvalue weighted by molar-refractivity contribution is -0.0887. The van der Waals surface area contributed by atoms with E-state index in [2.05, 4.69) is 18.9 Å². The van der Waals surface area contributed by atoms with Gasteiger partial charge in [0.15, 0.2) is 0 Å². The highest BCUT2D eigenvalue weighted by Gasteiger charge is 2.63. The van der Waals surface area contributed by atoms with Crippen LogP contribution in [-0.2, 0) is 4.74 Å². The van der Waals surface area contributed by atoms with Crippen molar-refractivity contribution < 1.29 is 9.84 Å². The molecule has 2 fully saturated rings. The summed E-state index contributed by atoms with van der Waals surface area (Å²) in [5, 5.41) is 11.3. The quantitative estimate of drug-likeness (QED) is 0.579. The minimum absolute atomic E-state index is 0.0298. The minimum atomic E-state index is -0.872. The number of allylic oxidation sites excluding steroid dienone is 3. The number of ether oxygens (including phenoxy) is 1. The number of fused-ring (bicyclic) bond motifs is 4. The number of methoxy groups -OCH3 is 1. The van der Waals surface area contributed by atoms with E-state index in [9.17, 15) is 5.11 Å². The molecule has 4 aliphatic carbocycles. The smallest absolute Gasteiger partial charge is 0.131 e. The summed E-state index contributed by atoms with van der Waals surface area (Å²) in [6.07, 6.45) is 19.2. The number of hydrogen-bond acceptors (Lipinski definition) is 2. The Balaban J connectivity index is 1.65. The van der Waals surface area contributed by atoms with Gasteiger partial charge in [0.1, 0.15) is 5.60 Å². The standard InChI is InChI=1S/C23H32O2/c1-4-12-22-13-10-19-18-9-7-17(25-3)15-16(18)6-8-20(19)21(22)11-14-23(22,24)5-2/h2,7,19-21,24H,4,6,8-15H2,1,3H3/t19-,20-,21+,22+,23+/m1/s1. The van der Waals surface area contributed by atoms with E-state index in [0.29, 0.717) is 11.8 Å². The van der Waals surface area contributed by atoms with E-state index >= 15 is 0 Å². The summed E-state index contributed by atoms with van der Waals surface area (Å²) >= 11 is 0. The zero-order chi connectivity index (χ0) is 17.7. The Hall–Kier alpha value is -1.20. The summed E-state index contributed by atoms with van der Waals surface area (Å²) < 4.78 is 5.51. The van der Waals surface area contributed by atoms with Gasteiger partial charge in [0.2, 0.25) is 0 Å². The average molecular weight is 341 g/mol. The van der Waals surface area contributed by atoms with Gasteiger partial charge in [0, 0.05) is 11.8 Å². The molecule has 4 aliphatic rings. The second-order valence-corrected chi connectivity index (χ2v) is 8.79. The molecule has 0 saturated heterocycles. The normalized spacial score (nSPS) is 42.8. The van der Waals surface area contributed by atoms with Gasteiger partial charge in [-0.1, -0.05) is 30.4 Å². The van der Waals surface area contributed by atoms with Crippen molar-refractivity contribution in [1.82, 2.24) is 0 Å². The zero-order valence-electron chi connectivity index (χ0n) is 15.8. The summed E-state index contributed by atoms with van der Waals surface area (Å²) in [6, 6.07) is 0. The van der Waals surface area contributed by atoms with Crippen LogP contribution < -0.4 is 0 Å². The molecule has 25 heavy (non-hydrogen) atoms. The first kappa shape index (κ1) is 17.2. The van der Waals surface area contributed by atoms with Crippen molar-refractivity contribution >= 4 is 0 Å². The minimum Gasteiger partial charge on any atom is -0.501 e. The second kappa shape index (κ2) is 6.20. The van der Waals surface area contributed by atoms with Crippen LogP contribution in [0.1, 0.15) is 71.1 Å². The van der Waals surface area contributed by atoms with Crippen LogP contribution in [-0.4, -0.2) is 17.8 Å². The Kier molecular flexibility index (Phi) is 4.27. The van der Waals surface area contributed by atoms with E-state index in [1.807, 2.05) is 0 Å². The molecule has 0 bridgehead atoms. The van der Waals surface area contributed by atoms with Crippen LogP contribution in [0, 0.1) is 35.5 Å². The molecule has 4 rings (SSSR count). The molecule has 136 valence electrons. The monoisotopic (exact) mass is 340 g/mol. The second-order valence-electron chi connectivity index (χ2n) is 8.79. The van der Waals surface area contributed by atoms with E-state index < -0.39 is 5.60 Å². The Morgan fingerprint density at radius 3 is 2.88 bits per heavy atom. The Morgan fingerprint density at radius 2 is 2.16 bits per heavy atom. The molecule has 0 aromatic carbocycles. The average Bonchev–Trinajstić information content (AvgIpc) is 2.94. The van der Waals surface area contributed by atoms with Gasteiger partial charge in [-0.05, 0) is 75.2 Å². The van der Waals surface area contributed by atoms with E-state index in [4.69, 9.17) is 11.2 Å². The van der Waals surface area contributed by atoms with Crippen molar-refractivity contribution in [2.45, 2.75) is 76.7 Å². The van der Waals surface area contributed by atoms with Crippen LogP contribution in [0.15, 0.2) is 23.0 Å². The lowest BCUT2D eigenvalue weighted by Gasteiger charge is -2.54. The number of terminal acetylenes is 1. The highest BCUT2D eigenvalue weighted by atomic mass is 16.5. The first-order valence-corrected chi connectivity index (χ1v) is 10.2. The molecule has 5 atom stereocenters. The summed E-state index contributed by atoms with van der Waals surface area (Å²) in [4.78, 5) is 0. The predicted molar refractivity (Wildman–Crippen MR) is 101 cm³/mol. The maximum atomic E-state index is 11.3. The van der Waals surface area contributed by atoms with Crippen molar-refractivity contribution in [1.29, 1.82) is 0 Å². The number of aliphatic hydroxyl groups is 1. The first-order valence-electron chi connectivity index (χ1n) is 10.2. The summed E-state index contributed by atoms with van der Waals surface area (Å²) in [6.45, 7) is 2.24. The van der Waals surface area contributed by atoms with E-state index in [1.165, 1.54) is 19.3 Å². The lowest BCUT2D eigenvalue weighted by atomic mass is 9.51. The van der Waals surface area contributed by atoms with Crippen LogP contribution in [0.4, 0.5) is 0 Å². The number of rotatable bonds is 3. The van der Waals surface area contributed by atoms with Gasteiger partial charge in [-0.15, -0.1) is 6.42 Å². The van der Waals surface area contributed by atoms with Gasteiger partial charge >= 0.3 is 0 Å². The Labute approximate surface area is 152 Å². The fourth-order valence-electron chi connectivity index (χ4n) is 7.06. The van der Waals surface area contributed by atoms with Crippen molar-refractivity contribution in [2.75, 3.05) is 7.11 Å². The van der Waals surface area contributed by atoms with Gasteiger partial charge < -0.3 is 9.84 Å². The molecule has 2 heteroatoms. The van der Waals surface area contributed by atoms with Gasteiger partial charge in [0.05, 0.1) is 12.9 Å². The summed E-state index contributed by atoms with van der Waals surface area (Å²) in [5.41, 5.74) is 2.45. The topological polar surface area (TPSA) is 29.5 Å². The van der Waals surface area contributed by atoms with Crippen molar-refractivity contribution in [2.24, 2.45) is 23.2 Å². The molecular formula is C23H32O2. The van der Waals surface area contributed by atoms with Crippen molar-refractivity contribution in [3.8, 4) is 12.3 Å². The Bertz CT molecular complexity index is 651. The molecule has 0 spiro atoms. The molecule has 0 aliphatic heterocycles. The van der Waals surface area contributed by atoms with Gasteiger partial charge in [-0.2, -0.15) is 0 Å². The van der Waals surface area contributed by atoms with Crippen molar-refractivity contribution in [3.05, 3.63) is 23.0 Å². The number of hydrogen-bond donors (Lipinski definition) is 1. The summed E-state index contributed by atoms with van der Waals surface area (Å²) in [5.74, 6) is 6.04. The van der Waals surface area contributed by atoms with Gasteiger partial charge in [0.25, 0.3) is 0 Å². The predicted octanol–water partition coefficient (Wildman–Crippen LogP) is 4.99. The van der Waals surface area contributed by atoms with Gasteiger partial charge in [-0.25, -0.2) is 0 Å². The van der Waals surface area contributed by atoms with Crippen LogP contribution in [0.25, 0.3) is 0 Å². The fourth-order valence-corrected chi connectivity index (χ4v) is 7.06. The molecule has 2 nitrogen and oxygen atoms in total. The highest BCUT2D eigenvalue weighted by Crippen LogP contribution is 2.65. The fraction of sp³-hybridized carbons (Fsp3) is 0.739. The molecular weight excluding hydrogens is 308 g/mol. The van der Waals surface area contributed by atoms with E-state index in [1.54, 1.807) is 18.3 Å². The molecule has 0 aromatic rings. The lowest BCUT2D eigenvalue weighted by Crippen LogP contribution is -2.52. The molecule has 0 unspecified atom stereocenters. The third-order valence-corrected chi connectivity index (χ3v) is 8.10. The zero-order valence-corrected chi connectivity index (χ0v) is 15.8. The highest BCUT2D eigenvalue weighted by molar-refractivity contribution is 5.34. The molecule has 2 saturated carbocycles. The summed E-state index contributed by atoms with van der Waals surface area (Å²) in [7, 11) is 1.79. The third-order valence-electron chi connectivity index (χ3n) is 8.10. The van der Waals surface area contributed by atoms with Crippen molar-refractivity contribution in [3.63, 3.8) is 0 Å². The van der Waals surface area contributed by atoms with Crippen LogP contribution in [0.3, 0.4) is 0 Å². The van der Waals surface area contributed by atoms with E-state index in [0.717, 1.165) is 56.6 Å². The van der Waals surface area contributed by atoms with Crippen LogP contribution >= 0.6 is 0 Å². The van der Waals surface area contributed by atoms with Crippen LogP contribution in [0.5, 0.6) is 0 Å². The maximum absolute atomic E-state index is 11.3. The largest absolute Gasteiger partial charge is 0.501 e. The SMILES string of the molecule is C#C[C@]1(O)CC[C@H]2[C@@H]3CCC4=C(CC=C(OC)C4)[C@H]3CC[C@@]21CCC. The molecule has 0 aromatic heterocycles.